The lowest BCUT2D eigenvalue weighted by atomic mass is 10.2. The minimum absolute atomic E-state index is 0.323. The molecule has 1 atom stereocenters. The van der Waals surface area contributed by atoms with Crippen LogP contribution in [0.3, 0.4) is 0 Å². The van der Waals surface area contributed by atoms with Gasteiger partial charge in [-0.25, -0.2) is 8.42 Å². The molecule has 1 heterocycles. The van der Waals surface area contributed by atoms with Crippen LogP contribution in [0, 0.1) is 0 Å². The van der Waals surface area contributed by atoms with E-state index < -0.39 is 16.1 Å². The Morgan fingerprint density at radius 1 is 1.24 bits per heavy atom. The molecule has 0 aromatic heterocycles. The molecule has 1 aliphatic heterocycles. The minimum atomic E-state index is -3.65. The molecule has 0 fully saturated rings. The maximum atomic E-state index is 12.4. The molecule has 1 aliphatic rings. The van der Waals surface area contributed by atoms with Crippen LogP contribution < -0.4 is 19.1 Å². The van der Waals surface area contributed by atoms with Crippen molar-refractivity contribution in [1.29, 1.82) is 0 Å². The summed E-state index contributed by atoms with van der Waals surface area (Å²) in [7, 11) is -3.65. The van der Waals surface area contributed by atoms with Gasteiger partial charge < -0.3 is 14.8 Å². The molecule has 1 amide bonds. The standard InChI is InChI=1S/C17H26N2O5S/c1-4-5-6-9-18-17(20)13(2)19(25(3,21)22)14-7-8-15-16(12-14)24-11-10-23-15/h7-8,12-13H,4-6,9-11H2,1-3H3,(H,18,20)/t13-/m1/s1. The smallest absolute Gasteiger partial charge is 0.243 e. The van der Waals surface area contributed by atoms with E-state index in [1.54, 1.807) is 25.1 Å². The molecule has 25 heavy (non-hydrogen) atoms. The second-order valence-electron chi connectivity index (χ2n) is 6.06. The third kappa shape index (κ3) is 5.01. The first-order valence-corrected chi connectivity index (χ1v) is 10.4. The quantitative estimate of drug-likeness (QED) is 0.707. The third-order valence-electron chi connectivity index (χ3n) is 3.95. The molecule has 2 rings (SSSR count). The molecule has 7 nitrogen and oxygen atoms in total. The molecule has 0 unspecified atom stereocenters. The molecule has 1 aromatic carbocycles. The summed E-state index contributed by atoms with van der Waals surface area (Å²) in [6.45, 7) is 5.06. The van der Waals surface area contributed by atoms with E-state index in [-0.39, 0.29) is 5.91 Å². The SMILES string of the molecule is CCCCCNC(=O)[C@@H](C)N(c1ccc2c(c1)OCCO2)S(C)(=O)=O. The van der Waals surface area contributed by atoms with Gasteiger partial charge in [0.05, 0.1) is 11.9 Å². The first-order chi connectivity index (χ1) is 11.8. The second-order valence-corrected chi connectivity index (χ2v) is 7.92. The summed E-state index contributed by atoms with van der Waals surface area (Å²) in [5.41, 5.74) is 0.378. The number of amides is 1. The van der Waals surface area contributed by atoms with Crippen LogP contribution in [-0.4, -0.2) is 46.4 Å². The molecular weight excluding hydrogens is 344 g/mol. The fourth-order valence-corrected chi connectivity index (χ4v) is 3.88. The van der Waals surface area contributed by atoms with Crippen LogP contribution >= 0.6 is 0 Å². The average Bonchev–Trinajstić information content (AvgIpc) is 2.57. The van der Waals surface area contributed by atoms with Crippen LogP contribution in [0.2, 0.25) is 0 Å². The van der Waals surface area contributed by atoms with Crippen LogP contribution in [0.15, 0.2) is 18.2 Å². The number of carbonyl (C=O) groups is 1. The maximum absolute atomic E-state index is 12.4. The van der Waals surface area contributed by atoms with E-state index in [0.29, 0.717) is 36.9 Å². The van der Waals surface area contributed by atoms with Crippen molar-refractivity contribution in [1.82, 2.24) is 5.32 Å². The number of carbonyl (C=O) groups excluding carboxylic acids is 1. The fraction of sp³-hybridized carbons (Fsp3) is 0.588. The average molecular weight is 370 g/mol. The van der Waals surface area contributed by atoms with Crippen molar-refractivity contribution in [3.63, 3.8) is 0 Å². The van der Waals surface area contributed by atoms with Crippen LogP contribution in [0.5, 0.6) is 11.5 Å². The van der Waals surface area contributed by atoms with Gasteiger partial charge in [-0.3, -0.25) is 9.10 Å². The minimum Gasteiger partial charge on any atom is -0.486 e. The van der Waals surface area contributed by atoms with Gasteiger partial charge in [0.25, 0.3) is 0 Å². The summed E-state index contributed by atoms with van der Waals surface area (Å²) in [5, 5.41) is 2.80. The lowest BCUT2D eigenvalue weighted by Crippen LogP contribution is -2.48. The van der Waals surface area contributed by atoms with Gasteiger partial charge in [0.15, 0.2) is 11.5 Å². The van der Waals surface area contributed by atoms with Gasteiger partial charge in [-0.05, 0) is 25.5 Å². The second kappa shape index (κ2) is 8.42. The highest BCUT2D eigenvalue weighted by Crippen LogP contribution is 2.35. The maximum Gasteiger partial charge on any atom is 0.243 e. The van der Waals surface area contributed by atoms with E-state index in [0.717, 1.165) is 29.8 Å². The Hall–Kier alpha value is -1.96. The first-order valence-electron chi connectivity index (χ1n) is 8.51. The topological polar surface area (TPSA) is 84.9 Å². The van der Waals surface area contributed by atoms with Gasteiger partial charge in [-0.15, -0.1) is 0 Å². The van der Waals surface area contributed by atoms with Crippen molar-refractivity contribution in [2.45, 2.75) is 39.2 Å². The van der Waals surface area contributed by atoms with Gasteiger partial charge in [-0.2, -0.15) is 0 Å². The Morgan fingerprint density at radius 2 is 1.92 bits per heavy atom. The number of benzene rings is 1. The predicted molar refractivity (Wildman–Crippen MR) is 96.8 cm³/mol. The van der Waals surface area contributed by atoms with Crippen LogP contribution in [-0.2, 0) is 14.8 Å². The molecule has 0 radical (unpaired) electrons. The highest BCUT2D eigenvalue weighted by Gasteiger charge is 2.30. The van der Waals surface area contributed by atoms with Crippen molar-refractivity contribution in [3.05, 3.63) is 18.2 Å². The monoisotopic (exact) mass is 370 g/mol. The number of nitrogens with zero attached hydrogens (tertiary/aromatic N) is 1. The molecule has 140 valence electrons. The highest BCUT2D eigenvalue weighted by atomic mass is 32.2. The van der Waals surface area contributed by atoms with Crippen LogP contribution in [0.25, 0.3) is 0 Å². The van der Waals surface area contributed by atoms with Crippen LogP contribution in [0.1, 0.15) is 33.1 Å². The van der Waals surface area contributed by atoms with E-state index in [9.17, 15) is 13.2 Å². The Bertz CT molecular complexity index is 705. The molecule has 1 N–H and O–H groups in total. The Balaban J connectivity index is 2.20. The molecular formula is C17H26N2O5S. The summed E-state index contributed by atoms with van der Waals surface area (Å²) < 4.78 is 36.7. The predicted octanol–water partition coefficient (Wildman–Crippen LogP) is 1.92. The number of anilines is 1. The summed E-state index contributed by atoms with van der Waals surface area (Å²) in [6.07, 6.45) is 4.03. The zero-order valence-corrected chi connectivity index (χ0v) is 15.8. The number of rotatable bonds is 8. The van der Waals surface area contributed by atoms with Gasteiger partial charge in [0, 0.05) is 12.6 Å². The van der Waals surface area contributed by atoms with E-state index in [1.165, 1.54) is 0 Å². The molecule has 0 spiro atoms. The fourth-order valence-electron chi connectivity index (χ4n) is 2.71. The highest BCUT2D eigenvalue weighted by molar-refractivity contribution is 7.92. The van der Waals surface area contributed by atoms with Crippen molar-refractivity contribution in [3.8, 4) is 11.5 Å². The van der Waals surface area contributed by atoms with Crippen molar-refractivity contribution in [2.75, 3.05) is 30.3 Å². The molecule has 0 bridgehead atoms. The first kappa shape index (κ1) is 19.4. The molecule has 0 saturated carbocycles. The molecule has 1 aromatic rings. The number of hydrogen-bond acceptors (Lipinski definition) is 5. The molecule has 0 saturated heterocycles. The van der Waals surface area contributed by atoms with Gasteiger partial charge >= 0.3 is 0 Å². The largest absolute Gasteiger partial charge is 0.486 e. The number of ether oxygens (including phenoxy) is 2. The van der Waals surface area contributed by atoms with Crippen molar-refractivity contribution in [2.24, 2.45) is 0 Å². The van der Waals surface area contributed by atoms with Gasteiger partial charge in [-0.1, -0.05) is 19.8 Å². The van der Waals surface area contributed by atoms with Crippen molar-refractivity contribution >= 4 is 21.6 Å². The number of unbranched alkanes of at least 4 members (excludes halogenated alkanes) is 2. The summed E-state index contributed by atoms with van der Waals surface area (Å²) in [5.74, 6) is 0.726. The van der Waals surface area contributed by atoms with E-state index in [1.807, 2.05) is 0 Å². The van der Waals surface area contributed by atoms with Gasteiger partial charge in [0.2, 0.25) is 15.9 Å². The zero-order valence-electron chi connectivity index (χ0n) is 14.9. The number of nitrogens with one attached hydrogen (secondary N) is 1. The summed E-state index contributed by atoms with van der Waals surface area (Å²) >= 11 is 0. The van der Waals surface area contributed by atoms with Gasteiger partial charge in [0.1, 0.15) is 19.3 Å². The number of fused-ring (bicyclic) bond motifs is 1. The van der Waals surface area contributed by atoms with E-state index in [2.05, 4.69) is 12.2 Å². The lowest BCUT2D eigenvalue weighted by Gasteiger charge is -2.29. The number of sulfonamides is 1. The van der Waals surface area contributed by atoms with Crippen molar-refractivity contribution < 1.29 is 22.7 Å². The van der Waals surface area contributed by atoms with E-state index >= 15 is 0 Å². The van der Waals surface area contributed by atoms with Crippen LogP contribution in [0.4, 0.5) is 5.69 Å². The third-order valence-corrected chi connectivity index (χ3v) is 5.19. The zero-order chi connectivity index (χ0) is 18.4. The Morgan fingerprint density at radius 3 is 2.56 bits per heavy atom. The summed E-state index contributed by atoms with van der Waals surface area (Å²) in [4.78, 5) is 12.4. The Labute approximate surface area is 149 Å². The normalized spacial score (nSPS) is 14.7. The summed E-state index contributed by atoms with van der Waals surface area (Å²) in [6, 6.07) is 4.01. The lowest BCUT2D eigenvalue weighted by molar-refractivity contribution is -0.121. The molecule has 0 aliphatic carbocycles. The molecule has 8 heteroatoms. The Kier molecular flexibility index (Phi) is 6.52. The number of hydrogen-bond donors (Lipinski definition) is 1. The van der Waals surface area contributed by atoms with E-state index in [4.69, 9.17) is 9.47 Å².